The quantitative estimate of drug-likeness (QED) is 0.365. The maximum Gasteiger partial charge on any atom is 0.308 e. The van der Waals surface area contributed by atoms with E-state index in [4.69, 9.17) is 14.2 Å². The van der Waals surface area contributed by atoms with Gasteiger partial charge in [0.1, 0.15) is 5.75 Å². The zero-order valence-electron chi connectivity index (χ0n) is 14.2. The first kappa shape index (κ1) is 19.0. The van der Waals surface area contributed by atoms with Crippen molar-refractivity contribution in [1.29, 1.82) is 0 Å². The summed E-state index contributed by atoms with van der Waals surface area (Å²) >= 11 is 0. The van der Waals surface area contributed by atoms with Gasteiger partial charge in [0.15, 0.2) is 11.5 Å². The van der Waals surface area contributed by atoms with Crippen molar-refractivity contribution in [2.24, 2.45) is 0 Å². The van der Waals surface area contributed by atoms with Crippen LogP contribution in [0.3, 0.4) is 0 Å². The normalized spacial score (nSPS) is 10.2. The predicted octanol–water partition coefficient (Wildman–Crippen LogP) is 4.28. The molecule has 0 aliphatic rings. The number of rotatable bonds is 10. The van der Waals surface area contributed by atoms with Gasteiger partial charge >= 0.3 is 11.9 Å². The summed E-state index contributed by atoms with van der Waals surface area (Å²) in [5.41, 5.74) is 0. The third-order valence-corrected chi connectivity index (χ3v) is 3.19. The molecule has 0 aromatic heterocycles. The van der Waals surface area contributed by atoms with E-state index in [1.165, 1.54) is 39.5 Å². The number of hydrogen-bond acceptors (Lipinski definition) is 5. The van der Waals surface area contributed by atoms with Gasteiger partial charge < -0.3 is 14.2 Å². The highest BCUT2D eigenvalue weighted by Gasteiger charge is 2.11. The average Bonchev–Trinajstić information content (AvgIpc) is 2.48. The zero-order valence-corrected chi connectivity index (χ0v) is 14.2. The molecule has 0 aliphatic carbocycles. The highest BCUT2D eigenvalue weighted by atomic mass is 16.6. The van der Waals surface area contributed by atoms with Crippen molar-refractivity contribution in [2.45, 2.75) is 59.3 Å². The zero-order chi connectivity index (χ0) is 17.1. The second-order valence-corrected chi connectivity index (χ2v) is 5.41. The lowest BCUT2D eigenvalue weighted by molar-refractivity contribution is -0.134. The molecule has 0 unspecified atom stereocenters. The lowest BCUT2D eigenvalue weighted by Gasteiger charge is -2.11. The minimum absolute atomic E-state index is 0.188. The van der Waals surface area contributed by atoms with Crippen LogP contribution in [0.4, 0.5) is 0 Å². The Kier molecular flexibility index (Phi) is 8.80. The van der Waals surface area contributed by atoms with Crippen LogP contribution >= 0.6 is 0 Å². The van der Waals surface area contributed by atoms with Gasteiger partial charge in [0.25, 0.3) is 0 Å². The number of unbranched alkanes of at least 4 members (excludes halogenated alkanes) is 5. The van der Waals surface area contributed by atoms with Crippen molar-refractivity contribution in [1.82, 2.24) is 0 Å². The summed E-state index contributed by atoms with van der Waals surface area (Å²) in [4.78, 5) is 22.2. The summed E-state index contributed by atoms with van der Waals surface area (Å²) in [6.45, 7) is 5.39. The van der Waals surface area contributed by atoms with Gasteiger partial charge in [-0.25, -0.2) is 0 Å². The molecule has 0 N–H and O–H groups in total. The molecule has 0 bridgehead atoms. The number of esters is 2. The fourth-order valence-corrected chi connectivity index (χ4v) is 2.12. The molecule has 1 rings (SSSR count). The maximum absolute atomic E-state index is 11.1. The highest BCUT2D eigenvalue weighted by Crippen LogP contribution is 2.32. The van der Waals surface area contributed by atoms with E-state index >= 15 is 0 Å². The molecule has 5 heteroatoms. The van der Waals surface area contributed by atoms with E-state index in [0.29, 0.717) is 12.4 Å². The molecule has 0 aliphatic heterocycles. The Hall–Kier alpha value is -2.04. The van der Waals surface area contributed by atoms with Gasteiger partial charge in [-0.2, -0.15) is 0 Å². The first-order chi connectivity index (χ1) is 11.0. The highest BCUT2D eigenvalue weighted by molar-refractivity contribution is 5.73. The van der Waals surface area contributed by atoms with E-state index < -0.39 is 11.9 Å². The average molecular weight is 322 g/mol. The van der Waals surface area contributed by atoms with Crippen LogP contribution in [0.15, 0.2) is 18.2 Å². The standard InChI is InChI=1S/C18H26O5/c1-4-5-6-7-8-9-12-21-16-10-11-17(22-14(2)19)18(13-16)23-15(3)20/h10-11,13H,4-9,12H2,1-3H3. The summed E-state index contributed by atoms with van der Waals surface area (Å²) in [6, 6.07) is 4.83. The van der Waals surface area contributed by atoms with E-state index in [1.54, 1.807) is 18.2 Å². The Labute approximate surface area is 137 Å². The fraction of sp³-hybridized carbons (Fsp3) is 0.556. The Morgan fingerprint density at radius 2 is 1.48 bits per heavy atom. The van der Waals surface area contributed by atoms with Crippen LogP contribution in [0.5, 0.6) is 17.2 Å². The smallest absolute Gasteiger partial charge is 0.308 e. The van der Waals surface area contributed by atoms with Gasteiger partial charge in [0.05, 0.1) is 6.61 Å². The van der Waals surface area contributed by atoms with Crippen molar-refractivity contribution in [3.8, 4) is 17.2 Å². The van der Waals surface area contributed by atoms with Gasteiger partial charge in [0, 0.05) is 19.9 Å². The van der Waals surface area contributed by atoms with Gasteiger partial charge in [-0.1, -0.05) is 39.0 Å². The fourth-order valence-electron chi connectivity index (χ4n) is 2.12. The maximum atomic E-state index is 11.1. The minimum atomic E-state index is -0.480. The predicted molar refractivity (Wildman–Crippen MR) is 87.9 cm³/mol. The first-order valence-corrected chi connectivity index (χ1v) is 8.16. The largest absolute Gasteiger partial charge is 0.493 e. The molecule has 0 spiro atoms. The number of carbonyl (C=O) groups is 2. The molecule has 5 nitrogen and oxygen atoms in total. The number of benzene rings is 1. The summed E-state index contributed by atoms with van der Waals surface area (Å²) in [5.74, 6) is 0.0316. The monoisotopic (exact) mass is 322 g/mol. The van der Waals surface area contributed by atoms with Crippen molar-refractivity contribution in [3.63, 3.8) is 0 Å². The van der Waals surface area contributed by atoms with Gasteiger partial charge in [-0.3, -0.25) is 9.59 Å². The van der Waals surface area contributed by atoms with Crippen LogP contribution in [0.1, 0.15) is 59.3 Å². The lowest BCUT2D eigenvalue weighted by atomic mass is 10.1. The van der Waals surface area contributed by atoms with Crippen molar-refractivity contribution >= 4 is 11.9 Å². The third kappa shape index (κ3) is 8.24. The molecular weight excluding hydrogens is 296 g/mol. The van der Waals surface area contributed by atoms with E-state index in [1.807, 2.05) is 0 Å². The summed E-state index contributed by atoms with van der Waals surface area (Å²) in [6.07, 6.45) is 7.14. The Bertz CT molecular complexity index is 510. The second kappa shape index (κ2) is 10.6. The van der Waals surface area contributed by atoms with Crippen LogP contribution in [0.25, 0.3) is 0 Å². The number of ether oxygens (including phenoxy) is 3. The Morgan fingerprint density at radius 1 is 0.870 bits per heavy atom. The molecule has 23 heavy (non-hydrogen) atoms. The Balaban J connectivity index is 2.52. The Morgan fingerprint density at radius 3 is 2.13 bits per heavy atom. The van der Waals surface area contributed by atoms with Crippen molar-refractivity contribution in [3.05, 3.63) is 18.2 Å². The van der Waals surface area contributed by atoms with Crippen LogP contribution in [-0.2, 0) is 9.59 Å². The molecule has 128 valence electrons. The van der Waals surface area contributed by atoms with Gasteiger partial charge in [0.2, 0.25) is 0 Å². The summed E-state index contributed by atoms with van der Waals surface area (Å²) in [5, 5.41) is 0. The second-order valence-electron chi connectivity index (χ2n) is 5.41. The molecule has 0 radical (unpaired) electrons. The molecular formula is C18H26O5. The van der Waals surface area contributed by atoms with E-state index in [9.17, 15) is 9.59 Å². The van der Waals surface area contributed by atoms with Crippen LogP contribution < -0.4 is 14.2 Å². The van der Waals surface area contributed by atoms with Crippen LogP contribution in [-0.4, -0.2) is 18.5 Å². The molecule has 0 amide bonds. The topological polar surface area (TPSA) is 61.8 Å². The summed E-state index contributed by atoms with van der Waals surface area (Å²) < 4.78 is 15.7. The lowest BCUT2D eigenvalue weighted by Crippen LogP contribution is -2.07. The third-order valence-electron chi connectivity index (χ3n) is 3.19. The molecule has 0 fully saturated rings. The van der Waals surface area contributed by atoms with E-state index in [0.717, 1.165) is 12.8 Å². The van der Waals surface area contributed by atoms with Crippen molar-refractivity contribution < 1.29 is 23.8 Å². The van der Waals surface area contributed by atoms with Crippen molar-refractivity contribution in [2.75, 3.05) is 6.61 Å². The number of hydrogen-bond donors (Lipinski definition) is 0. The SMILES string of the molecule is CCCCCCCCOc1ccc(OC(C)=O)c(OC(C)=O)c1. The molecule has 1 aromatic carbocycles. The van der Waals surface area contributed by atoms with Crippen LogP contribution in [0.2, 0.25) is 0 Å². The molecule has 0 saturated heterocycles. The van der Waals surface area contributed by atoms with E-state index in [-0.39, 0.29) is 11.5 Å². The van der Waals surface area contributed by atoms with E-state index in [2.05, 4.69) is 6.92 Å². The minimum Gasteiger partial charge on any atom is -0.493 e. The molecule has 0 atom stereocenters. The first-order valence-electron chi connectivity index (χ1n) is 8.16. The van der Waals surface area contributed by atoms with Gasteiger partial charge in [-0.15, -0.1) is 0 Å². The van der Waals surface area contributed by atoms with Crippen LogP contribution in [0, 0.1) is 0 Å². The van der Waals surface area contributed by atoms with Gasteiger partial charge in [-0.05, 0) is 18.6 Å². The summed E-state index contributed by atoms with van der Waals surface area (Å²) in [7, 11) is 0. The molecule has 1 aromatic rings. The number of carbonyl (C=O) groups excluding carboxylic acids is 2. The molecule has 0 saturated carbocycles. The molecule has 0 heterocycles.